The van der Waals surface area contributed by atoms with Gasteiger partial charge in [0.25, 0.3) is 0 Å². The molecule has 0 bridgehead atoms. The number of rotatable bonds is 3. The van der Waals surface area contributed by atoms with Gasteiger partial charge in [-0.25, -0.2) is 9.18 Å². The number of carboxylic acid groups (broad SMARTS) is 1. The van der Waals surface area contributed by atoms with Crippen LogP contribution in [0.1, 0.15) is 42.1 Å². The standard InChI is InChI=1S/C20H22FN3O3/c21-16-8-14-17(24(12-3-4-12)11-15(19(14)25)20(26)27)9-18(16)23-7-6-22-5-1-2-13(22)10-23/h8-9,11-13H,1-7,10H2,(H,26,27)/t13-/m1/s1. The molecular weight excluding hydrogens is 349 g/mol. The average Bonchev–Trinajstić information content (AvgIpc) is 3.38. The summed E-state index contributed by atoms with van der Waals surface area (Å²) < 4.78 is 16.8. The van der Waals surface area contributed by atoms with E-state index < -0.39 is 17.2 Å². The molecule has 3 heterocycles. The predicted molar refractivity (Wildman–Crippen MR) is 100 cm³/mol. The van der Waals surface area contributed by atoms with Crippen molar-refractivity contribution < 1.29 is 14.3 Å². The van der Waals surface area contributed by atoms with Gasteiger partial charge in [0.2, 0.25) is 5.43 Å². The fraction of sp³-hybridized carbons (Fsp3) is 0.500. The molecule has 142 valence electrons. The Labute approximate surface area is 155 Å². The van der Waals surface area contributed by atoms with Gasteiger partial charge in [0.1, 0.15) is 11.4 Å². The van der Waals surface area contributed by atoms with E-state index in [4.69, 9.17) is 0 Å². The van der Waals surface area contributed by atoms with Crippen LogP contribution in [-0.2, 0) is 0 Å². The van der Waals surface area contributed by atoms with Crippen LogP contribution in [0, 0.1) is 5.82 Å². The summed E-state index contributed by atoms with van der Waals surface area (Å²) in [6.07, 6.45) is 5.66. The van der Waals surface area contributed by atoms with Crippen LogP contribution in [0.3, 0.4) is 0 Å². The quantitative estimate of drug-likeness (QED) is 0.898. The van der Waals surface area contributed by atoms with Gasteiger partial charge in [-0.05, 0) is 44.4 Å². The van der Waals surface area contributed by atoms with E-state index in [2.05, 4.69) is 9.80 Å². The molecule has 0 amide bonds. The van der Waals surface area contributed by atoms with Crippen molar-refractivity contribution in [1.29, 1.82) is 0 Å². The van der Waals surface area contributed by atoms with Gasteiger partial charge >= 0.3 is 5.97 Å². The summed E-state index contributed by atoms with van der Waals surface area (Å²) in [4.78, 5) is 28.6. The molecule has 0 spiro atoms. The van der Waals surface area contributed by atoms with E-state index in [-0.39, 0.29) is 17.0 Å². The molecule has 2 saturated heterocycles. The van der Waals surface area contributed by atoms with Crippen molar-refractivity contribution in [1.82, 2.24) is 9.47 Å². The molecule has 2 aliphatic heterocycles. The maximum atomic E-state index is 15.0. The van der Waals surface area contributed by atoms with Crippen molar-refractivity contribution in [3.05, 3.63) is 39.9 Å². The predicted octanol–water partition coefficient (Wildman–Crippen LogP) is 2.46. The number of aromatic nitrogens is 1. The van der Waals surface area contributed by atoms with Crippen LogP contribution < -0.4 is 10.3 Å². The van der Waals surface area contributed by atoms with Crippen molar-refractivity contribution in [3.8, 4) is 0 Å². The lowest BCUT2D eigenvalue weighted by Gasteiger charge is -2.39. The van der Waals surface area contributed by atoms with Gasteiger partial charge in [0.05, 0.1) is 11.2 Å². The van der Waals surface area contributed by atoms with Crippen LogP contribution in [0.15, 0.2) is 23.1 Å². The van der Waals surface area contributed by atoms with E-state index in [0.717, 1.165) is 45.4 Å². The number of pyridine rings is 1. The van der Waals surface area contributed by atoms with Gasteiger partial charge in [-0.2, -0.15) is 0 Å². The number of fused-ring (bicyclic) bond motifs is 2. The van der Waals surface area contributed by atoms with Crippen molar-refractivity contribution in [3.63, 3.8) is 0 Å². The third kappa shape index (κ3) is 2.72. The zero-order valence-electron chi connectivity index (χ0n) is 15.0. The maximum absolute atomic E-state index is 15.0. The third-order valence-electron chi connectivity index (χ3n) is 6.20. The van der Waals surface area contributed by atoms with E-state index in [1.165, 1.54) is 18.7 Å². The lowest BCUT2D eigenvalue weighted by Crippen LogP contribution is -2.50. The van der Waals surface area contributed by atoms with Crippen molar-refractivity contribution >= 4 is 22.6 Å². The molecule has 0 unspecified atom stereocenters. The lowest BCUT2D eigenvalue weighted by atomic mass is 10.1. The molecule has 1 N–H and O–H groups in total. The SMILES string of the molecule is O=C(O)c1cn(C2CC2)c2cc(N3CCN4CCC[C@@H]4C3)c(F)cc2c1=O. The van der Waals surface area contributed by atoms with Crippen molar-refractivity contribution in [2.75, 3.05) is 31.1 Å². The summed E-state index contributed by atoms with van der Waals surface area (Å²) in [7, 11) is 0. The molecule has 3 fully saturated rings. The first kappa shape index (κ1) is 16.7. The Morgan fingerprint density at radius 2 is 1.93 bits per heavy atom. The lowest BCUT2D eigenvalue weighted by molar-refractivity contribution is 0.0695. The number of piperazine rings is 1. The Bertz CT molecular complexity index is 998. The normalized spacial score (nSPS) is 23.0. The Kier molecular flexibility index (Phi) is 3.75. The number of carboxylic acids is 1. The second-order valence-electron chi connectivity index (χ2n) is 7.91. The number of hydrogen-bond donors (Lipinski definition) is 1. The minimum absolute atomic E-state index is 0.155. The second kappa shape index (κ2) is 6.05. The van der Waals surface area contributed by atoms with E-state index in [0.29, 0.717) is 17.2 Å². The van der Waals surface area contributed by atoms with Gasteiger partial charge in [0, 0.05) is 43.3 Å². The molecule has 3 aliphatic rings. The largest absolute Gasteiger partial charge is 0.477 e. The minimum atomic E-state index is -1.27. The summed E-state index contributed by atoms with van der Waals surface area (Å²) in [6, 6.07) is 3.64. The van der Waals surface area contributed by atoms with Crippen molar-refractivity contribution in [2.45, 2.75) is 37.8 Å². The number of hydrogen-bond acceptors (Lipinski definition) is 4. The van der Waals surface area contributed by atoms with E-state index in [9.17, 15) is 19.1 Å². The first-order valence-electron chi connectivity index (χ1n) is 9.63. The molecule has 0 radical (unpaired) electrons. The summed E-state index contributed by atoms with van der Waals surface area (Å²) in [5.41, 5.74) is 0.255. The van der Waals surface area contributed by atoms with E-state index in [1.54, 1.807) is 6.07 Å². The van der Waals surface area contributed by atoms with E-state index in [1.807, 2.05) is 4.57 Å². The van der Waals surface area contributed by atoms with Gasteiger partial charge in [-0.3, -0.25) is 9.69 Å². The molecule has 1 aromatic carbocycles. The fourth-order valence-corrected chi connectivity index (χ4v) is 4.62. The summed E-state index contributed by atoms with van der Waals surface area (Å²) >= 11 is 0. The highest BCUT2D eigenvalue weighted by atomic mass is 19.1. The molecule has 1 aromatic heterocycles. The Hall–Kier alpha value is -2.41. The molecule has 27 heavy (non-hydrogen) atoms. The number of nitrogens with zero attached hydrogens (tertiary/aromatic N) is 3. The molecule has 1 saturated carbocycles. The Morgan fingerprint density at radius 1 is 1.11 bits per heavy atom. The monoisotopic (exact) mass is 371 g/mol. The summed E-state index contributed by atoms with van der Waals surface area (Å²) in [6.45, 7) is 3.61. The molecule has 6 nitrogen and oxygen atoms in total. The van der Waals surface area contributed by atoms with Crippen molar-refractivity contribution in [2.24, 2.45) is 0 Å². The number of anilines is 1. The highest BCUT2D eigenvalue weighted by molar-refractivity contribution is 5.93. The Balaban J connectivity index is 1.63. The molecular formula is C20H22FN3O3. The van der Waals surface area contributed by atoms with Crippen LogP contribution in [0.2, 0.25) is 0 Å². The fourth-order valence-electron chi connectivity index (χ4n) is 4.62. The summed E-state index contributed by atoms with van der Waals surface area (Å²) in [5, 5.41) is 9.50. The first-order valence-corrected chi connectivity index (χ1v) is 9.63. The molecule has 5 rings (SSSR count). The molecule has 1 aliphatic carbocycles. The highest BCUT2D eigenvalue weighted by Crippen LogP contribution is 2.38. The molecule has 7 heteroatoms. The minimum Gasteiger partial charge on any atom is -0.477 e. The highest BCUT2D eigenvalue weighted by Gasteiger charge is 2.32. The average molecular weight is 371 g/mol. The summed E-state index contributed by atoms with van der Waals surface area (Å²) in [5.74, 6) is -1.71. The maximum Gasteiger partial charge on any atom is 0.341 e. The van der Waals surface area contributed by atoms with Gasteiger partial charge in [0.15, 0.2) is 0 Å². The zero-order chi connectivity index (χ0) is 18.7. The van der Waals surface area contributed by atoms with E-state index >= 15 is 0 Å². The molecule has 1 atom stereocenters. The zero-order valence-corrected chi connectivity index (χ0v) is 15.0. The topological polar surface area (TPSA) is 65.8 Å². The number of aromatic carboxylic acids is 1. The molecule has 2 aromatic rings. The third-order valence-corrected chi connectivity index (χ3v) is 6.20. The van der Waals surface area contributed by atoms with Crippen LogP contribution >= 0.6 is 0 Å². The van der Waals surface area contributed by atoms with Crippen LogP contribution in [0.25, 0.3) is 10.9 Å². The Morgan fingerprint density at radius 3 is 2.67 bits per heavy atom. The van der Waals surface area contributed by atoms with Crippen LogP contribution in [0.4, 0.5) is 10.1 Å². The van der Waals surface area contributed by atoms with Crippen LogP contribution in [-0.4, -0.2) is 52.8 Å². The smallest absolute Gasteiger partial charge is 0.341 e. The van der Waals surface area contributed by atoms with Crippen LogP contribution in [0.5, 0.6) is 0 Å². The van der Waals surface area contributed by atoms with Gasteiger partial charge in [-0.15, -0.1) is 0 Å². The number of carbonyl (C=O) groups is 1. The number of benzene rings is 1. The van der Waals surface area contributed by atoms with Gasteiger partial charge in [-0.1, -0.05) is 0 Å². The second-order valence-corrected chi connectivity index (χ2v) is 7.91. The first-order chi connectivity index (χ1) is 13.0. The number of halogens is 1. The van der Waals surface area contributed by atoms with Gasteiger partial charge < -0.3 is 14.6 Å².